The Hall–Kier alpha value is -3.21. The predicted molar refractivity (Wildman–Crippen MR) is 142 cm³/mol. The summed E-state index contributed by atoms with van der Waals surface area (Å²) in [6, 6.07) is 15.6. The van der Waals surface area contributed by atoms with E-state index >= 15 is 0 Å². The molecule has 2 aliphatic heterocycles. The summed E-state index contributed by atoms with van der Waals surface area (Å²) < 4.78 is 18.0. The highest BCUT2D eigenvalue weighted by atomic mass is 16.7. The van der Waals surface area contributed by atoms with Gasteiger partial charge in [-0.2, -0.15) is 0 Å². The van der Waals surface area contributed by atoms with Crippen molar-refractivity contribution in [3.05, 3.63) is 60.3 Å². The topological polar surface area (TPSA) is 97.3 Å². The maximum absolute atomic E-state index is 11.8. The smallest absolute Gasteiger partial charge is 0.465 e. The molecule has 0 bridgehead atoms. The third-order valence-electron chi connectivity index (χ3n) is 7.52. The van der Waals surface area contributed by atoms with Gasteiger partial charge < -0.3 is 24.1 Å². The number of aromatic nitrogens is 2. The number of amides is 1. The highest BCUT2D eigenvalue weighted by Crippen LogP contribution is 2.36. The van der Waals surface area contributed by atoms with Crippen molar-refractivity contribution in [2.45, 2.75) is 51.5 Å². The van der Waals surface area contributed by atoms with E-state index in [1.165, 1.54) is 4.90 Å². The molecule has 5 rings (SSSR count). The van der Waals surface area contributed by atoms with Crippen LogP contribution in [0, 0.1) is 0 Å². The number of nitrogens with zero attached hydrogens (tertiary/aromatic N) is 4. The van der Waals surface area contributed by atoms with Crippen LogP contribution in [0.1, 0.15) is 33.3 Å². The van der Waals surface area contributed by atoms with Crippen LogP contribution in [0.3, 0.4) is 0 Å². The quantitative estimate of drug-likeness (QED) is 0.511. The van der Waals surface area contributed by atoms with Gasteiger partial charge in [0.2, 0.25) is 5.95 Å². The first-order valence-electron chi connectivity index (χ1n) is 12.6. The number of benzene rings is 2. The van der Waals surface area contributed by atoms with E-state index < -0.39 is 24.4 Å². The van der Waals surface area contributed by atoms with E-state index in [0.29, 0.717) is 38.8 Å². The van der Waals surface area contributed by atoms with Gasteiger partial charge in [0.25, 0.3) is 0 Å². The summed E-state index contributed by atoms with van der Waals surface area (Å²) in [6.45, 7) is 10.2. The second kappa shape index (κ2) is 9.93. The third-order valence-corrected chi connectivity index (χ3v) is 7.52. The van der Waals surface area contributed by atoms with Crippen molar-refractivity contribution >= 4 is 35.5 Å². The maximum atomic E-state index is 11.8. The lowest BCUT2D eigenvalue weighted by molar-refractivity contribution is 0.00237. The molecule has 1 amide bonds. The van der Waals surface area contributed by atoms with E-state index in [1.807, 2.05) is 81.1 Å². The minimum Gasteiger partial charge on any atom is -0.465 e. The van der Waals surface area contributed by atoms with Gasteiger partial charge >= 0.3 is 13.2 Å². The third kappa shape index (κ3) is 5.27. The SMILES string of the molecule is CC1(C)OB(c2ccc3nc(N(Cc4ccccc4)C[C@@H]4COCCN4C(=O)O)ncc3c2)OC1(C)C. The first-order valence-corrected chi connectivity index (χ1v) is 12.6. The number of ether oxygens (including phenoxy) is 1. The zero-order valence-electron chi connectivity index (χ0n) is 21.8. The molecule has 1 aromatic heterocycles. The van der Waals surface area contributed by atoms with Crippen molar-refractivity contribution in [1.29, 1.82) is 0 Å². The van der Waals surface area contributed by atoms with E-state index in [0.717, 1.165) is 21.9 Å². The summed E-state index contributed by atoms with van der Waals surface area (Å²) in [5, 5.41) is 10.6. The molecule has 9 nitrogen and oxygen atoms in total. The number of carboxylic acid groups (broad SMARTS) is 1. The molecule has 0 unspecified atom stereocenters. The van der Waals surface area contributed by atoms with Gasteiger partial charge in [-0.3, -0.25) is 4.90 Å². The number of hydrogen-bond donors (Lipinski definition) is 1. The van der Waals surface area contributed by atoms with Crippen molar-refractivity contribution in [2.24, 2.45) is 0 Å². The Morgan fingerprint density at radius 1 is 1.14 bits per heavy atom. The van der Waals surface area contributed by atoms with Crippen molar-refractivity contribution < 1.29 is 23.9 Å². The fraction of sp³-hybridized carbons (Fsp3) is 0.444. The van der Waals surface area contributed by atoms with Crippen LogP contribution in [0.2, 0.25) is 0 Å². The van der Waals surface area contributed by atoms with Crippen LogP contribution >= 0.6 is 0 Å². The Bertz CT molecular complexity index is 1260. The number of carbonyl (C=O) groups is 1. The standard InChI is InChI=1S/C27H33BN4O5/c1-26(2)27(3,4)37-28(36-26)21-10-11-23-20(14-21)15-29-24(30-23)31(16-19-8-6-5-7-9-19)17-22-18-35-13-12-32(22)25(33)34/h5-11,14-15,22H,12-13,16-18H2,1-4H3,(H,33,34)/t22-/m1/s1. The molecule has 2 fully saturated rings. The van der Waals surface area contributed by atoms with Crippen molar-refractivity contribution in [1.82, 2.24) is 14.9 Å². The molecule has 2 aliphatic rings. The van der Waals surface area contributed by atoms with Crippen LogP contribution in [-0.2, 0) is 20.6 Å². The molecular weight excluding hydrogens is 471 g/mol. The second-order valence-electron chi connectivity index (χ2n) is 10.6. The monoisotopic (exact) mass is 504 g/mol. The lowest BCUT2D eigenvalue weighted by Crippen LogP contribution is -2.53. The molecule has 37 heavy (non-hydrogen) atoms. The minimum atomic E-state index is -0.942. The molecule has 0 saturated carbocycles. The van der Waals surface area contributed by atoms with Gasteiger partial charge in [-0.05, 0) is 44.8 Å². The summed E-state index contributed by atoms with van der Waals surface area (Å²) in [7, 11) is -0.461. The molecule has 1 N–H and O–H groups in total. The molecule has 10 heteroatoms. The molecule has 0 spiro atoms. The van der Waals surface area contributed by atoms with Gasteiger partial charge in [0.1, 0.15) is 0 Å². The summed E-state index contributed by atoms with van der Waals surface area (Å²) in [5.41, 5.74) is 1.95. The van der Waals surface area contributed by atoms with Gasteiger partial charge in [0.15, 0.2) is 0 Å². The summed E-state index contributed by atoms with van der Waals surface area (Å²) in [4.78, 5) is 24.8. The average Bonchev–Trinajstić information content (AvgIpc) is 3.10. The van der Waals surface area contributed by atoms with Crippen LogP contribution in [0.25, 0.3) is 10.9 Å². The zero-order valence-corrected chi connectivity index (χ0v) is 21.8. The summed E-state index contributed by atoms with van der Waals surface area (Å²) in [6.07, 6.45) is 0.860. The summed E-state index contributed by atoms with van der Waals surface area (Å²) >= 11 is 0. The van der Waals surface area contributed by atoms with Gasteiger partial charge in [0, 0.05) is 31.2 Å². The highest BCUT2D eigenvalue weighted by molar-refractivity contribution is 6.62. The Labute approximate surface area is 217 Å². The van der Waals surface area contributed by atoms with Crippen molar-refractivity contribution in [3.63, 3.8) is 0 Å². The lowest BCUT2D eigenvalue weighted by atomic mass is 9.78. The number of anilines is 1. The number of rotatable bonds is 6. The van der Waals surface area contributed by atoms with E-state index in [4.69, 9.17) is 24.0 Å². The molecule has 0 radical (unpaired) electrons. The Morgan fingerprint density at radius 2 is 1.86 bits per heavy atom. The normalized spacial score (nSPS) is 20.8. The van der Waals surface area contributed by atoms with Crippen molar-refractivity contribution in [2.75, 3.05) is 31.2 Å². The molecule has 3 heterocycles. The van der Waals surface area contributed by atoms with Crippen LogP contribution in [0.15, 0.2) is 54.7 Å². The van der Waals surface area contributed by atoms with Gasteiger partial charge in [-0.25, -0.2) is 14.8 Å². The largest absolute Gasteiger partial charge is 0.494 e. The van der Waals surface area contributed by atoms with Gasteiger partial charge in [-0.15, -0.1) is 0 Å². The van der Waals surface area contributed by atoms with Crippen LogP contribution in [0.4, 0.5) is 10.7 Å². The van der Waals surface area contributed by atoms with Crippen LogP contribution in [-0.4, -0.2) is 76.7 Å². The van der Waals surface area contributed by atoms with E-state index in [2.05, 4.69) is 0 Å². The highest BCUT2D eigenvalue weighted by Gasteiger charge is 2.51. The number of hydrogen-bond acceptors (Lipinski definition) is 7. The van der Waals surface area contributed by atoms with Gasteiger partial charge in [-0.1, -0.05) is 42.5 Å². The number of morpholine rings is 1. The molecule has 194 valence electrons. The van der Waals surface area contributed by atoms with E-state index in [1.54, 1.807) is 6.20 Å². The Balaban J connectivity index is 1.43. The minimum absolute atomic E-state index is 0.319. The molecule has 2 saturated heterocycles. The fourth-order valence-electron chi connectivity index (χ4n) is 4.65. The van der Waals surface area contributed by atoms with E-state index in [9.17, 15) is 9.90 Å². The van der Waals surface area contributed by atoms with Crippen LogP contribution < -0.4 is 10.4 Å². The molecule has 1 atom stereocenters. The van der Waals surface area contributed by atoms with Gasteiger partial charge in [0.05, 0.1) is 36.0 Å². The fourth-order valence-corrected chi connectivity index (χ4v) is 4.65. The predicted octanol–water partition coefficient (Wildman–Crippen LogP) is 3.31. The molecule has 2 aromatic carbocycles. The zero-order chi connectivity index (χ0) is 26.2. The molecular formula is C27H33BN4O5. The Kier molecular flexibility index (Phi) is 6.83. The first-order chi connectivity index (χ1) is 17.6. The number of fused-ring (bicyclic) bond motifs is 1. The molecule has 0 aliphatic carbocycles. The van der Waals surface area contributed by atoms with E-state index in [-0.39, 0.29) is 6.04 Å². The molecule has 3 aromatic rings. The average molecular weight is 504 g/mol. The lowest BCUT2D eigenvalue weighted by Gasteiger charge is -2.36. The summed E-state index contributed by atoms with van der Waals surface area (Å²) in [5.74, 6) is 0.538. The Morgan fingerprint density at radius 3 is 2.57 bits per heavy atom. The first kappa shape index (κ1) is 25.4. The van der Waals surface area contributed by atoms with Crippen molar-refractivity contribution in [3.8, 4) is 0 Å². The second-order valence-corrected chi connectivity index (χ2v) is 10.6. The maximum Gasteiger partial charge on any atom is 0.494 e. The van der Waals surface area contributed by atoms with Crippen LogP contribution in [0.5, 0.6) is 0 Å².